The van der Waals surface area contributed by atoms with E-state index in [9.17, 15) is 4.79 Å². The molecule has 0 atom stereocenters. The molecule has 128 valence electrons. The maximum absolute atomic E-state index is 12.1. The number of hydrogen-bond acceptors (Lipinski definition) is 4. The number of carbonyl (C=O) groups is 1. The minimum absolute atomic E-state index is 0.230. The van der Waals surface area contributed by atoms with Crippen LogP contribution in [0.3, 0.4) is 0 Å². The van der Waals surface area contributed by atoms with Gasteiger partial charge in [0.15, 0.2) is 0 Å². The van der Waals surface area contributed by atoms with Gasteiger partial charge in [0.05, 0.1) is 19.9 Å². The Balaban J connectivity index is 1.80. The molecule has 6 heteroatoms. The summed E-state index contributed by atoms with van der Waals surface area (Å²) in [6.07, 6.45) is 5.15. The summed E-state index contributed by atoms with van der Waals surface area (Å²) in [5.41, 5.74) is 0.596. The van der Waals surface area contributed by atoms with Crippen LogP contribution in [0, 0.1) is 0 Å². The first-order valence-corrected chi connectivity index (χ1v) is 8.22. The molecule has 0 unspecified atom stereocenters. The summed E-state index contributed by atoms with van der Waals surface area (Å²) in [6.45, 7) is 3.79. The Kier molecular flexibility index (Phi) is 7.00. The van der Waals surface area contributed by atoms with Gasteiger partial charge in [0.25, 0.3) is 0 Å². The van der Waals surface area contributed by atoms with Gasteiger partial charge in [-0.05, 0) is 38.1 Å². The van der Waals surface area contributed by atoms with E-state index in [4.69, 9.17) is 9.47 Å². The van der Waals surface area contributed by atoms with E-state index in [0.717, 1.165) is 19.6 Å². The monoisotopic (exact) mass is 321 g/mol. The van der Waals surface area contributed by atoms with E-state index >= 15 is 0 Å². The van der Waals surface area contributed by atoms with Crippen molar-refractivity contribution >= 4 is 11.7 Å². The van der Waals surface area contributed by atoms with E-state index < -0.39 is 0 Å². The standard InChI is InChI=1S/C17H27N3O3/c1-22-14-7-8-16(23-2)15(13-14)19-17(21)18-9-12-20-10-5-3-4-6-11-20/h7-8,13H,3-6,9-12H2,1-2H3,(H2,18,19,21). The molecule has 23 heavy (non-hydrogen) atoms. The number of carbonyl (C=O) groups excluding carboxylic acids is 1. The van der Waals surface area contributed by atoms with Gasteiger partial charge < -0.3 is 25.0 Å². The summed E-state index contributed by atoms with van der Waals surface area (Å²) in [7, 11) is 3.16. The third-order valence-corrected chi connectivity index (χ3v) is 4.07. The molecular formula is C17H27N3O3. The highest BCUT2D eigenvalue weighted by molar-refractivity contribution is 5.91. The third kappa shape index (κ3) is 5.63. The molecule has 1 aliphatic rings. The average Bonchev–Trinajstić information content (AvgIpc) is 2.83. The number of benzene rings is 1. The van der Waals surface area contributed by atoms with Gasteiger partial charge in [-0.2, -0.15) is 0 Å². The van der Waals surface area contributed by atoms with Crippen LogP contribution in [0.2, 0.25) is 0 Å². The predicted octanol–water partition coefficient (Wildman–Crippen LogP) is 2.70. The molecule has 1 saturated heterocycles. The van der Waals surface area contributed by atoms with Crippen molar-refractivity contribution in [3.05, 3.63) is 18.2 Å². The van der Waals surface area contributed by atoms with E-state index in [1.54, 1.807) is 32.4 Å². The van der Waals surface area contributed by atoms with Gasteiger partial charge in [0, 0.05) is 19.2 Å². The maximum atomic E-state index is 12.1. The fourth-order valence-corrected chi connectivity index (χ4v) is 2.77. The fourth-order valence-electron chi connectivity index (χ4n) is 2.77. The molecule has 0 aliphatic carbocycles. The Morgan fingerprint density at radius 1 is 1.13 bits per heavy atom. The van der Waals surface area contributed by atoms with Crippen LogP contribution in [0.5, 0.6) is 11.5 Å². The number of nitrogens with one attached hydrogen (secondary N) is 2. The van der Waals surface area contributed by atoms with Gasteiger partial charge in [-0.15, -0.1) is 0 Å². The summed E-state index contributed by atoms with van der Waals surface area (Å²) in [6, 6.07) is 5.08. The summed E-state index contributed by atoms with van der Waals surface area (Å²) in [4.78, 5) is 14.5. The summed E-state index contributed by atoms with van der Waals surface area (Å²) < 4.78 is 10.4. The van der Waals surface area contributed by atoms with Crippen LogP contribution in [0.1, 0.15) is 25.7 Å². The van der Waals surface area contributed by atoms with Crippen LogP contribution in [-0.2, 0) is 0 Å². The highest BCUT2D eigenvalue weighted by Gasteiger charge is 2.11. The van der Waals surface area contributed by atoms with Gasteiger partial charge in [-0.1, -0.05) is 12.8 Å². The Bertz CT molecular complexity index is 500. The number of likely N-dealkylation sites (tertiary alicyclic amines) is 1. The Morgan fingerprint density at radius 2 is 1.87 bits per heavy atom. The summed E-state index contributed by atoms with van der Waals surface area (Å²) >= 11 is 0. The van der Waals surface area contributed by atoms with Crippen LogP contribution in [0.25, 0.3) is 0 Å². The first-order valence-electron chi connectivity index (χ1n) is 8.22. The first-order chi connectivity index (χ1) is 11.2. The zero-order valence-electron chi connectivity index (χ0n) is 14.1. The molecule has 2 rings (SSSR count). The lowest BCUT2D eigenvalue weighted by atomic mass is 10.2. The lowest BCUT2D eigenvalue weighted by molar-refractivity contribution is 0.246. The second kappa shape index (κ2) is 9.25. The molecule has 2 N–H and O–H groups in total. The zero-order chi connectivity index (χ0) is 16.5. The number of rotatable bonds is 6. The van der Waals surface area contributed by atoms with E-state index in [1.165, 1.54) is 25.7 Å². The van der Waals surface area contributed by atoms with Crippen LogP contribution >= 0.6 is 0 Å². The van der Waals surface area contributed by atoms with E-state index in [0.29, 0.717) is 23.7 Å². The first kappa shape index (κ1) is 17.4. The van der Waals surface area contributed by atoms with Crippen molar-refractivity contribution in [1.82, 2.24) is 10.2 Å². The van der Waals surface area contributed by atoms with Crippen molar-refractivity contribution in [2.75, 3.05) is 45.7 Å². The Labute approximate surface area is 138 Å². The highest BCUT2D eigenvalue weighted by atomic mass is 16.5. The molecular weight excluding hydrogens is 294 g/mol. The van der Waals surface area contributed by atoms with Crippen LogP contribution in [0.15, 0.2) is 18.2 Å². The maximum Gasteiger partial charge on any atom is 0.319 e. The Morgan fingerprint density at radius 3 is 2.52 bits per heavy atom. The van der Waals surface area contributed by atoms with Crippen molar-refractivity contribution in [2.24, 2.45) is 0 Å². The number of methoxy groups -OCH3 is 2. The number of anilines is 1. The SMILES string of the molecule is COc1ccc(OC)c(NC(=O)NCCN2CCCCCC2)c1. The highest BCUT2D eigenvalue weighted by Crippen LogP contribution is 2.28. The summed E-state index contributed by atoms with van der Waals surface area (Å²) in [5, 5.41) is 5.71. The average molecular weight is 321 g/mol. The van der Waals surface area contributed by atoms with E-state index in [1.807, 2.05) is 0 Å². The topological polar surface area (TPSA) is 62.8 Å². The minimum atomic E-state index is -0.230. The van der Waals surface area contributed by atoms with Crippen LogP contribution in [0.4, 0.5) is 10.5 Å². The smallest absolute Gasteiger partial charge is 0.319 e. The molecule has 0 aromatic heterocycles. The second-order valence-corrected chi connectivity index (χ2v) is 5.70. The quantitative estimate of drug-likeness (QED) is 0.845. The molecule has 1 aromatic carbocycles. The molecule has 1 fully saturated rings. The molecule has 0 saturated carbocycles. The molecule has 0 bridgehead atoms. The molecule has 0 radical (unpaired) electrons. The van der Waals surface area contributed by atoms with Gasteiger partial charge in [0.2, 0.25) is 0 Å². The molecule has 0 spiro atoms. The summed E-state index contributed by atoms with van der Waals surface area (Å²) in [5.74, 6) is 1.28. The van der Waals surface area contributed by atoms with Crippen LogP contribution < -0.4 is 20.1 Å². The predicted molar refractivity (Wildman–Crippen MR) is 91.5 cm³/mol. The van der Waals surface area contributed by atoms with Crippen molar-refractivity contribution in [3.63, 3.8) is 0 Å². The van der Waals surface area contributed by atoms with Crippen LogP contribution in [-0.4, -0.2) is 51.3 Å². The number of hydrogen-bond donors (Lipinski definition) is 2. The van der Waals surface area contributed by atoms with Gasteiger partial charge in [-0.25, -0.2) is 4.79 Å². The van der Waals surface area contributed by atoms with Crippen molar-refractivity contribution < 1.29 is 14.3 Å². The fraction of sp³-hybridized carbons (Fsp3) is 0.588. The molecule has 1 heterocycles. The van der Waals surface area contributed by atoms with Crippen molar-refractivity contribution in [2.45, 2.75) is 25.7 Å². The molecule has 2 amide bonds. The lowest BCUT2D eigenvalue weighted by Crippen LogP contribution is -2.37. The second-order valence-electron chi connectivity index (χ2n) is 5.70. The third-order valence-electron chi connectivity index (χ3n) is 4.07. The van der Waals surface area contributed by atoms with E-state index in [-0.39, 0.29) is 6.03 Å². The number of amides is 2. The van der Waals surface area contributed by atoms with Gasteiger partial charge >= 0.3 is 6.03 Å². The van der Waals surface area contributed by atoms with Crippen molar-refractivity contribution in [3.8, 4) is 11.5 Å². The van der Waals surface area contributed by atoms with Crippen molar-refractivity contribution in [1.29, 1.82) is 0 Å². The van der Waals surface area contributed by atoms with Gasteiger partial charge in [0.1, 0.15) is 11.5 Å². The minimum Gasteiger partial charge on any atom is -0.497 e. The molecule has 6 nitrogen and oxygen atoms in total. The normalized spacial score (nSPS) is 15.6. The Hall–Kier alpha value is -1.95. The van der Waals surface area contributed by atoms with Gasteiger partial charge in [-0.3, -0.25) is 0 Å². The zero-order valence-corrected chi connectivity index (χ0v) is 14.1. The number of urea groups is 1. The molecule has 1 aromatic rings. The molecule has 1 aliphatic heterocycles. The largest absolute Gasteiger partial charge is 0.497 e. The van der Waals surface area contributed by atoms with E-state index in [2.05, 4.69) is 15.5 Å². The number of ether oxygens (including phenoxy) is 2. The lowest BCUT2D eigenvalue weighted by Gasteiger charge is -2.20. The number of nitrogens with zero attached hydrogens (tertiary/aromatic N) is 1.